The quantitative estimate of drug-likeness (QED) is 0.644. The van der Waals surface area contributed by atoms with Gasteiger partial charge in [0.2, 0.25) is 0 Å². The van der Waals surface area contributed by atoms with Crippen molar-refractivity contribution < 1.29 is 0 Å². The SMILES string of the molecule is CC1(C)[C@]2(/C=C/c3ccc(C#N)cc3)N=N[C@@]1(c1ccccc1)[C@H]1CCC[C@H]12. The molecule has 0 N–H and O–H groups in total. The summed E-state index contributed by atoms with van der Waals surface area (Å²) in [5.41, 5.74) is 2.53. The third-order valence-corrected chi connectivity index (χ3v) is 7.73. The summed E-state index contributed by atoms with van der Waals surface area (Å²) in [6.45, 7) is 4.73. The first-order valence-corrected chi connectivity index (χ1v) is 10.2. The lowest BCUT2D eigenvalue weighted by Crippen LogP contribution is -2.45. The van der Waals surface area contributed by atoms with Crippen molar-refractivity contribution in [2.24, 2.45) is 27.5 Å². The van der Waals surface area contributed by atoms with Gasteiger partial charge in [-0.1, -0.05) is 74.9 Å². The maximum Gasteiger partial charge on any atom is 0.117 e. The summed E-state index contributed by atoms with van der Waals surface area (Å²) in [7, 11) is 0. The van der Waals surface area contributed by atoms with Crippen LogP contribution in [0.3, 0.4) is 0 Å². The summed E-state index contributed by atoms with van der Waals surface area (Å²) in [5, 5.41) is 19.1. The van der Waals surface area contributed by atoms with Crippen LogP contribution in [-0.4, -0.2) is 5.54 Å². The Hall–Kier alpha value is -2.73. The van der Waals surface area contributed by atoms with Crippen molar-refractivity contribution in [3.05, 3.63) is 77.4 Å². The Morgan fingerprint density at radius 1 is 0.964 bits per heavy atom. The molecule has 0 radical (unpaired) electrons. The zero-order valence-corrected chi connectivity index (χ0v) is 16.5. The molecule has 3 nitrogen and oxygen atoms in total. The number of hydrogen-bond donors (Lipinski definition) is 0. The second-order valence-corrected chi connectivity index (χ2v) is 8.99. The average molecular weight is 367 g/mol. The molecule has 2 fully saturated rings. The maximum absolute atomic E-state index is 9.03. The molecule has 0 aromatic heterocycles. The fourth-order valence-electron chi connectivity index (χ4n) is 6.36. The van der Waals surface area contributed by atoms with Gasteiger partial charge in [-0.2, -0.15) is 15.5 Å². The van der Waals surface area contributed by atoms with E-state index < -0.39 is 0 Å². The summed E-state index contributed by atoms with van der Waals surface area (Å²) in [6.07, 6.45) is 8.22. The monoisotopic (exact) mass is 367 g/mol. The number of benzene rings is 2. The lowest BCUT2D eigenvalue weighted by Gasteiger charge is -2.40. The van der Waals surface area contributed by atoms with Crippen molar-refractivity contribution >= 4 is 6.08 Å². The Bertz CT molecular complexity index is 996. The smallest absolute Gasteiger partial charge is 0.117 e. The summed E-state index contributed by atoms with van der Waals surface area (Å²) in [5.74, 6) is 1.09. The van der Waals surface area contributed by atoms with Gasteiger partial charge >= 0.3 is 0 Å². The third-order valence-electron chi connectivity index (χ3n) is 7.73. The van der Waals surface area contributed by atoms with Crippen molar-refractivity contribution in [2.75, 3.05) is 0 Å². The van der Waals surface area contributed by atoms with E-state index in [1.807, 2.05) is 24.3 Å². The Morgan fingerprint density at radius 2 is 1.68 bits per heavy atom. The number of fused-ring (bicyclic) bond motifs is 5. The van der Waals surface area contributed by atoms with Crippen LogP contribution in [0, 0.1) is 28.6 Å². The van der Waals surface area contributed by atoms with Crippen molar-refractivity contribution in [3.8, 4) is 6.07 Å². The first-order valence-electron chi connectivity index (χ1n) is 10.2. The van der Waals surface area contributed by atoms with Crippen molar-refractivity contribution in [2.45, 2.75) is 44.2 Å². The molecule has 3 aliphatic rings. The molecular formula is C25H25N3. The minimum Gasteiger partial charge on any atom is -0.192 e. The molecule has 1 heterocycles. The molecule has 28 heavy (non-hydrogen) atoms. The maximum atomic E-state index is 9.03. The van der Waals surface area contributed by atoms with E-state index in [1.54, 1.807) is 0 Å². The van der Waals surface area contributed by atoms with E-state index >= 15 is 0 Å². The van der Waals surface area contributed by atoms with Gasteiger partial charge in [0.1, 0.15) is 11.1 Å². The fourth-order valence-corrected chi connectivity index (χ4v) is 6.36. The molecule has 0 spiro atoms. The third kappa shape index (κ3) is 1.98. The van der Waals surface area contributed by atoms with Gasteiger partial charge in [-0.25, -0.2) is 0 Å². The van der Waals surface area contributed by atoms with Crippen molar-refractivity contribution in [1.29, 1.82) is 5.26 Å². The molecule has 2 bridgehead atoms. The Morgan fingerprint density at radius 3 is 2.39 bits per heavy atom. The summed E-state index contributed by atoms with van der Waals surface area (Å²) in [6, 6.07) is 20.8. The lowest BCUT2D eigenvalue weighted by molar-refractivity contribution is 0.165. The van der Waals surface area contributed by atoms with Gasteiger partial charge in [-0.05, 0) is 47.9 Å². The summed E-state index contributed by atoms with van der Waals surface area (Å²) >= 11 is 0. The van der Waals surface area contributed by atoms with Crippen LogP contribution < -0.4 is 0 Å². The number of nitrogens with zero attached hydrogens (tertiary/aromatic N) is 3. The van der Waals surface area contributed by atoms with Gasteiger partial charge in [-0.15, -0.1) is 0 Å². The predicted molar refractivity (Wildman–Crippen MR) is 111 cm³/mol. The minimum atomic E-state index is -0.266. The standard InChI is InChI=1S/C25H25N3/c1-23(2)24(16-15-18-11-13-19(17-26)14-12-18)21-9-6-10-22(21)25(23,28-27-24)20-7-4-3-5-8-20/h3-5,7-8,11-16,21-22H,6,9-10H2,1-2H3/b16-15+/t21-,22+,24-,25+/m1/s1. The number of rotatable bonds is 3. The Labute approximate surface area is 166 Å². The molecule has 0 unspecified atom stereocenters. The molecule has 0 amide bonds. The number of azo groups is 1. The van der Waals surface area contributed by atoms with Crippen LogP contribution in [0.4, 0.5) is 0 Å². The van der Waals surface area contributed by atoms with E-state index in [-0.39, 0.29) is 16.5 Å². The van der Waals surface area contributed by atoms with Gasteiger partial charge in [0, 0.05) is 5.41 Å². The van der Waals surface area contributed by atoms with E-state index in [9.17, 15) is 0 Å². The predicted octanol–water partition coefficient (Wildman–Crippen LogP) is 6.13. The minimum absolute atomic E-state index is 0.0831. The number of nitriles is 1. The van der Waals surface area contributed by atoms with Gasteiger partial charge in [0.25, 0.3) is 0 Å². The molecule has 3 heteroatoms. The highest BCUT2D eigenvalue weighted by atomic mass is 15.3. The molecule has 0 saturated heterocycles. The molecule has 140 valence electrons. The largest absolute Gasteiger partial charge is 0.192 e. The second-order valence-electron chi connectivity index (χ2n) is 8.99. The zero-order chi connectivity index (χ0) is 19.4. The van der Waals surface area contributed by atoms with Crippen molar-refractivity contribution in [1.82, 2.24) is 0 Å². The molecule has 2 saturated carbocycles. The molecule has 2 aliphatic carbocycles. The fraction of sp³-hybridized carbons (Fsp3) is 0.400. The molecular weight excluding hydrogens is 342 g/mol. The van der Waals surface area contributed by atoms with Crippen LogP contribution in [0.25, 0.3) is 6.08 Å². The van der Waals surface area contributed by atoms with E-state index in [0.29, 0.717) is 17.4 Å². The van der Waals surface area contributed by atoms with Crippen LogP contribution in [-0.2, 0) is 5.54 Å². The van der Waals surface area contributed by atoms with Gasteiger partial charge in [-0.3, -0.25) is 0 Å². The normalized spacial score (nSPS) is 34.6. The summed E-state index contributed by atoms with van der Waals surface area (Å²) < 4.78 is 0. The van der Waals surface area contributed by atoms with E-state index in [0.717, 1.165) is 5.56 Å². The van der Waals surface area contributed by atoms with E-state index in [4.69, 9.17) is 15.5 Å². The molecule has 5 rings (SSSR count). The highest BCUT2D eigenvalue weighted by molar-refractivity contribution is 5.55. The molecule has 1 aliphatic heterocycles. The van der Waals surface area contributed by atoms with Gasteiger partial charge in [0.05, 0.1) is 11.6 Å². The second kappa shape index (κ2) is 5.88. The Kier molecular flexibility index (Phi) is 3.65. The van der Waals surface area contributed by atoms with Crippen LogP contribution in [0.15, 0.2) is 70.9 Å². The zero-order valence-electron chi connectivity index (χ0n) is 16.5. The number of hydrogen-bond acceptors (Lipinski definition) is 3. The molecule has 2 aromatic rings. The topological polar surface area (TPSA) is 48.5 Å². The highest BCUT2D eigenvalue weighted by Gasteiger charge is 2.76. The first kappa shape index (κ1) is 17.4. The van der Waals surface area contributed by atoms with Gasteiger partial charge < -0.3 is 0 Å². The highest BCUT2D eigenvalue weighted by Crippen LogP contribution is 2.74. The van der Waals surface area contributed by atoms with Crippen molar-refractivity contribution in [3.63, 3.8) is 0 Å². The van der Waals surface area contributed by atoms with Crippen LogP contribution >= 0.6 is 0 Å². The summed E-state index contributed by atoms with van der Waals surface area (Å²) in [4.78, 5) is 0. The van der Waals surface area contributed by atoms with E-state index in [2.05, 4.69) is 62.4 Å². The van der Waals surface area contributed by atoms with Gasteiger partial charge in [0.15, 0.2) is 0 Å². The molecule has 2 aromatic carbocycles. The first-order chi connectivity index (χ1) is 13.5. The lowest BCUT2D eigenvalue weighted by atomic mass is 9.63. The van der Waals surface area contributed by atoms with Crippen LogP contribution in [0.2, 0.25) is 0 Å². The van der Waals surface area contributed by atoms with Crippen LogP contribution in [0.5, 0.6) is 0 Å². The van der Waals surface area contributed by atoms with E-state index in [1.165, 1.54) is 24.8 Å². The van der Waals surface area contributed by atoms with Crippen LogP contribution in [0.1, 0.15) is 49.8 Å². The molecule has 4 atom stereocenters. The average Bonchev–Trinajstić information content (AvgIpc) is 3.35. The Balaban J connectivity index is 1.61.